The van der Waals surface area contributed by atoms with Crippen LogP contribution in [0.25, 0.3) is 5.52 Å². The Hall–Kier alpha value is -2.42. The van der Waals surface area contributed by atoms with E-state index in [4.69, 9.17) is 0 Å². The maximum Gasteiger partial charge on any atom is 0.290 e. The van der Waals surface area contributed by atoms with Gasteiger partial charge in [0.05, 0.1) is 17.0 Å². The second kappa shape index (κ2) is 7.30. The molecule has 1 aliphatic rings. The van der Waals surface area contributed by atoms with Crippen molar-refractivity contribution in [3.05, 3.63) is 35.9 Å². The van der Waals surface area contributed by atoms with Crippen molar-refractivity contribution in [3.63, 3.8) is 0 Å². The van der Waals surface area contributed by atoms with Gasteiger partial charge in [-0.05, 0) is 39.3 Å². The first-order valence-corrected chi connectivity index (χ1v) is 10.8. The van der Waals surface area contributed by atoms with Crippen molar-refractivity contribution in [2.24, 2.45) is 0 Å². The Bertz CT molecular complexity index is 980. The molecule has 8 nitrogen and oxygen atoms in total. The van der Waals surface area contributed by atoms with Crippen LogP contribution in [-0.2, 0) is 9.84 Å². The Morgan fingerprint density at radius 3 is 2.70 bits per heavy atom. The molecule has 3 rings (SSSR count). The van der Waals surface area contributed by atoms with E-state index >= 15 is 0 Å². The van der Waals surface area contributed by atoms with Crippen molar-refractivity contribution in [2.75, 3.05) is 18.1 Å². The summed E-state index contributed by atoms with van der Waals surface area (Å²) in [5.41, 5.74) is 0.719. The molecule has 0 bridgehead atoms. The number of rotatable bonds is 5. The summed E-state index contributed by atoms with van der Waals surface area (Å²) in [4.78, 5) is 31.5. The fraction of sp³-hybridized carbons (Fsp3) is 0.500. The SMILES string of the molecule is CCN(C(=O)c1nc(C(=O)NC(C)C)c2ccccn12)C1CCS(=O)(=O)C1. The van der Waals surface area contributed by atoms with Crippen LogP contribution in [0.15, 0.2) is 24.4 Å². The van der Waals surface area contributed by atoms with E-state index in [1.54, 1.807) is 28.8 Å². The number of nitrogens with one attached hydrogen (secondary N) is 1. The average Bonchev–Trinajstić information content (AvgIpc) is 3.15. The van der Waals surface area contributed by atoms with Gasteiger partial charge in [0.15, 0.2) is 15.5 Å². The molecule has 0 spiro atoms. The first-order chi connectivity index (χ1) is 12.7. The molecule has 2 aromatic heterocycles. The minimum atomic E-state index is -3.12. The lowest BCUT2D eigenvalue weighted by Crippen LogP contribution is -2.41. The predicted octanol–water partition coefficient (Wildman–Crippen LogP) is 1.12. The molecule has 0 aliphatic carbocycles. The fourth-order valence-electron chi connectivity index (χ4n) is 3.40. The molecule has 146 valence electrons. The number of carbonyl (C=O) groups excluding carboxylic acids is 2. The lowest BCUT2D eigenvalue weighted by atomic mass is 10.2. The molecule has 1 unspecified atom stereocenters. The molecule has 0 aromatic carbocycles. The maximum atomic E-state index is 13.2. The van der Waals surface area contributed by atoms with E-state index in [9.17, 15) is 18.0 Å². The number of aromatic nitrogens is 2. The van der Waals surface area contributed by atoms with E-state index in [-0.39, 0.29) is 46.9 Å². The number of hydrogen-bond acceptors (Lipinski definition) is 5. The van der Waals surface area contributed by atoms with Crippen LogP contribution in [0.5, 0.6) is 0 Å². The topological polar surface area (TPSA) is 101 Å². The predicted molar refractivity (Wildman–Crippen MR) is 102 cm³/mol. The second-order valence-corrected chi connectivity index (χ2v) is 9.24. The average molecular weight is 392 g/mol. The maximum absolute atomic E-state index is 13.2. The zero-order valence-corrected chi connectivity index (χ0v) is 16.5. The van der Waals surface area contributed by atoms with Crippen molar-refractivity contribution >= 4 is 27.2 Å². The van der Waals surface area contributed by atoms with Crippen LogP contribution in [-0.4, -0.2) is 64.7 Å². The normalized spacial score (nSPS) is 18.7. The highest BCUT2D eigenvalue weighted by Crippen LogP contribution is 2.21. The van der Waals surface area contributed by atoms with Crippen molar-refractivity contribution < 1.29 is 18.0 Å². The number of sulfone groups is 1. The molecule has 1 atom stereocenters. The highest BCUT2D eigenvalue weighted by molar-refractivity contribution is 7.91. The lowest BCUT2D eigenvalue weighted by molar-refractivity contribution is 0.0695. The van der Waals surface area contributed by atoms with Gasteiger partial charge in [0.1, 0.15) is 0 Å². The van der Waals surface area contributed by atoms with Crippen LogP contribution in [0.4, 0.5) is 0 Å². The molecular weight excluding hydrogens is 368 g/mol. The number of imidazole rings is 1. The molecule has 1 saturated heterocycles. The Kier molecular flexibility index (Phi) is 5.23. The monoisotopic (exact) mass is 392 g/mol. The van der Waals surface area contributed by atoms with Gasteiger partial charge in [0.2, 0.25) is 5.82 Å². The Morgan fingerprint density at radius 1 is 1.37 bits per heavy atom. The summed E-state index contributed by atoms with van der Waals surface area (Å²) in [5.74, 6) is -0.545. The standard InChI is InChI=1S/C18H24N4O4S/c1-4-21(13-8-10-27(25,26)11-13)18(24)16-20-15(17(23)19-12(2)3)14-7-5-6-9-22(14)16/h5-7,9,12-13H,4,8,10-11H2,1-3H3,(H,19,23). The largest absolute Gasteiger partial charge is 0.348 e. The summed E-state index contributed by atoms with van der Waals surface area (Å²) in [6.45, 7) is 5.88. The van der Waals surface area contributed by atoms with Gasteiger partial charge in [-0.3, -0.25) is 14.0 Å². The molecule has 27 heavy (non-hydrogen) atoms. The Balaban J connectivity index is 2.00. The third-order valence-electron chi connectivity index (χ3n) is 4.63. The third-order valence-corrected chi connectivity index (χ3v) is 6.38. The van der Waals surface area contributed by atoms with Crippen LogP contribution >= 0.6 is 0 Å². The first-order valence-electron chi connectivity index (χ1n) is 9.03. The van der Waals surface area contributed by atoms with Crippen LogP contribution in [0, 0.1) is 0 Å². The van der Waals surface area contributed by atoms with E-state index in [1.165, 1.54) is 4.90 Å². The Morgan fingerprint density at radius 2 is 2.11 bits per heavy atom. The first kappa shape index (κ1) is 19.3. The van der Waals surface area contributed by atoms with E-state index < -0.39 is 9.84 Å². The molecular formula is C18H24N4O4S. The van der Waals surface area contributed by atoms with Gasteiger partial charge in [0, 0.05) is 24.8 Å². The van der Waals surface area contributed by atoms with Gasteiger partial charge in [-0.1, -0.05) is 6.07 Å². The minimum absolute atomic E-state index is 0.0312. The van der Waals surface area contributed by atoms with Crippen molar-refractivity contribution in [2.45, 2.75) is 39.3 Å². The van der Waals surface area contributed by atoms with Gasteiger partial charge in [0.25, 0.3) is 11.8 Å². The number of amides is 2. The summed E-state index contributed by atoms with van der Waals surface area (Å²) >= 11 is 0. The lowest BCUT2D eigenvalue weighted by Gasteiger charge is -2.26. The Labute approximate surface area is 158 Å². The molecule has 0 radical (unpaired) electrons. The number of nitrogens with zero attached hydrogens (tertiary/aromatic N) is 3. The van der Waals surface area contributed by atoms with E-state index in [2.05, 4.69) is 10.3 Å². The van der Waals surface area contributed by atoms with Crippen LogP contribution < -0.4 is 5.32 Å². The number of carbonyl (C=O) groups is 2. The highest BCUT2D eigenvalue weighted by atomic mass is 32.2. The van der Waals surface area contributed by atoms with Crippen molar-refractivity contribution in [1.29, 1.82) is 0 Å². The smallest absolute Gasteiger partial charge is 0.290 e. The van der Waals surface area contributed by atoms with Gasteiger partial charge in [-0.25, -0.2) is 13.4 Å². The van der Waals surface area contributed by atoms with E-state index in [0.717, 1.165) is 0 Å². The summed E-state index contributed by atoms with van der Waals surface area (Å²) < 4.78 is 25.2. The van der Waals surface area contributed by atoms with E-state index in [1.807, 2.05) is 20.8 Å². The second-order valence-electron chi connectivity index (χ2n) is 7.02. The molecule has 1 N–H and O–H groups in total. The zero-order valence-electron chi connectivity index (χ0n) is 15.7. The van der Waals surface area contributed by atoms with Gasteiger partial charge in [-0.2, -0.15) is 0 Å². The summed E-state index contributed by atoms with van der Waals surface area (Å²) in [6.07, 6.45) is 2.10. The number of hydrogen-bond donors (Lipinski definition) is 1. The van der Waals surface area contributed by atoms with Gasteiger partial charge in [-0.15, -0.1) is 0 Å². The summed E-state index contributed by atoms with van der Waals surface area (Å²) in [7, 11) is -3.12. The molecule has 2 amide bonds. The fourth-order valence-corrected chi connectivity index (χ4v) is 5.13. The molecule has 0 saturated carbocycles. The van der Waals surface area contributed by atoms with Crippen LogP contribution in [0.2, 0.25) is 0 Å². The third kappa shape index (κ3) is 3.83. The molecule has 3 heterocycles. The molecule has 9 heteroatoms. The minimum Gasteiger partial charge on any atom is -0.348 e. The molecule has 1 aliphatic heterocycles. The van der Waals surface area contributed by atoms with Crippen LogP contribution in [0.1, 0.15) is 48.3 Å². The summed E-state index contributed by atoms with van der Waals surface area (Å²) in [5, 5.41) is 2.79. The van der Waals surface area contributed by atoms with Crippen molar-refractivity contribution in [1.82, 2.24) is 19.6 Å². The van der Waals surface area contributed by atoms with Gasteiger partial charge >= 0.3 is 0 Å². The van der Waals surface area contributed by atoms with E-state index in [0.29, 0.717) is 18.5 Å². The number of fused-ring (bicyclic) bond motifs is 1. The number of pyridine rings is 1. The quantitative estimate of drug-likeness (QED) is 0.822. The highest BCUT2D eigenvalue weighted by Gasteiger charge is 2.36. The summed E-state index contributed by atoms with van der Waals surface area (Å²) in [6, 6.07) is 4.84. The van der Waals surface area contributed by atoms with Crippen molar-refractivity contribution in [3.8, 4) is 0 Å². The molecule has 2 aromatic rings. The molecule has 1 fully saturated rings. The van der Waals surface area contributed by atoms with Crippen LogP contribution in [0.3, 0.4) is 0 Å². The van der Waals surface area contributed by atoms with Gasteiger partial charge < -0.3 is 10.2 Å². The zero-order chi connectivity index (χ0) is 19.8.